The topological polar surface area (TPSA) is 22.0 Å². The largest absolute Gasteiger partial charge is 0.309 e. The molecule has 0 saturated heterocycles. The van der Waals surface area contributed by atoms with Crippen LogP contribution in [0.2, 0.25) is 0 Å². The van der Waals surface area contributed by atoms with Gasteiger partial charge in [-0.1, -0.05) is 121 Å². The lowest BCUT2D eigenvalue weighted by molar-refractivity contribution is 0.593. The first-order chi connectivity index (χ1) is 20.2. The van der Waals surface area contributed by atoms with Gasteiger partial charge in [0.15, 0.2) is 7.14 Å². The Bertz CT molecular complexity index is 2400. The molecule has 0 fully saturated rings. The van der Waals surface area contributed by atoms with E-state index in [1.165, 1.54) is 21.5 Å². The molecular formula is C38H24NOP. The van der Waals surface area contributed by atoms with Crippen molar-refractivity contribution < 1.29 is 4.57 Å². The molecule has 2 nitrogen and oxygen atoms in total. The second kappa shape index (κ2) is 8.30. The van der Waals surface area contributed by atoms with Gasteiger partial charge in [-0.25, -0.2) is 0 Å². The van der Waals surface area contributed by atoms with Gasteiger partial charge in [0, 0.05) is 37.9 Å². The van der Waals surface area contributed by atoms with Crippen molar-refractivity contribution in [3.63, 3.8) is 0 Å². The number of aromatic nitrogens is 1. The number of benzene rings is 7. The molecule has 0 amide bonds. The molecule has 0 aliphatic carbocycles. The van der Waals surface area contributed by atoms with E-state index in [0.29, 0.717) is 0 Å². The molecule has 0 bridgehead atoms. The quantitative estimate of drug-likeness (QED) is 0.201. The lowest BCUT2D eigenvalue weighted by atomic mass is 9.99. The lowest BCUT2D eigenvalue weighted by Crippen LogP contribution is -2.21. The molecule has 1 aromatic heterocycles. The number of nitrogens with zero attached hydrogens (tertiary/aromatic N) is 1. The van der Waals surface area contributed by atoms with Gasteiger partial charge in [-0.05, 0) is 51.4 Å². The number of hydrogen-bond acceptors (Lipinski definition) is 1. The highest BCUT2D eigenvalue weighted by Gasteiger charge is 2.43. The molecule has 1 aliphatic rings. The van der Waals surface area contributed by atoms with E-state index in [-0.39, 0.29) is 0 Å². The molecule has 3 heteroatoms. The van der Waals surface area contributed by atoms with E-state index in [0.717, 1.165) is 54.5 Å². The summed E-state index contributed by atoms with van der Waals surface area (Å²) in [7, 11) is -3.16. The van der Waals surface area contributed by atoms with E-state index in [2.05, 4.69) is 120 Å². The van der Waals surface area contributed by atoms with Crippen molar-refractivity contribution in [1.82, 2.24) is 4.57 Å². The van der Waals surface area contributed by atoms with Gasteiger partial charge in [0.1, 0.15) is 0 Å². The highest BCUT2D eigenvalue weighted by Crippen LogP contribution is 2.56. The maximum atomic E-state index is 15.7. The third kappa shape index (κ3) is 3.00. The Morgan fingerprint density at radius 2 is 1.20 bits per heavy atom. The van der Waals surface area contributed by atoms with Crippen LogP contribution in [0, 0.1) is 0 Å². The Morgan fingerprint density at radius 1 is 0.512 bits per heavy atom. The van der Waals surface area contributed by atoms with Crippen molar-refractivity contribution in [2.75, 3.05) is 0 Å². The fourth-order valence-corrected chi connectivity index (χ4v) is 10.2. The molecule has 9 rings (SSSR count). The van der Waals surface area contributed by atoms with Gasteiger partial charge in [-0.3, -0.25) is 0 Å². The Balaban J connectivity index is 1.50. The molecule has 7 aromatic carbocycles. The molecule has 1 unspecified atom stereocenters. The average Bonchev–Trinajstić information content (AvgIpc) is 3.52. The summed E-state index contributed by atoms with van der Waals surface area (Å²) in [6, 6.07) is 50.9. The summed E-state index contributed by atoms with van der Waals surface area (Å²) in [4.78, 5) is 0. The number of fused-ring (bicyclic) bond motifs is 10. The van der Waals surface area contributed by atoms with Crippen LogP contribution < -0.4 is 15.9 Å². The summed E-state index contributed by atoms with van der Waals surface area (Å²) in [5.74, 6) is 0. The predicted octanol–water partition coefficient (Wildman–Crippen LogP) is 8.71. The van der Waals surface area contributed by atoms with E-state index in [1.54, 1.807) is 0 Å². The number of rotatable bonds is 2. The molecular weight excluding hydrogens is 517 g/mol. The van der Waals surface area contributed by atoms with E-state index in [1.807, 2.05) is 30.3 Å². The van der Waals surface area contributed by atoms with Crippen molar-refractivity contribution in [1.29, 1.82) is 0 Å². The monoisotopic (exact) mass is 541 g/mol. The van der Waals surface area contributed by atoms with Crippen LogP contribution in [0.15, 0.2) is 146 Å². The standard InChI is InChI=1S/C38H24NOP/c40-41(29-13-2-1-3-14-29)35-23-22-32-31-16-8-9-17-34(31)39(28-20-18-25-10-4-5-12-27(25)24-28)37(32)36(35)33-21-19-26-11-6-7-15-30(26)38(33)41/h1-24H. The van der Waals surface area contributed by atoms with Gasteiger partial charge in [0.05, 0.1) is 11.0 Å². The van der Waals surface area contributed by atoms with Gasteiger partial charge < -0.3 is 9.13 Å². The van der Waals surface area contributed by atoms with E-state index in [9.17, 15) is 0 Å². The zero-order chi connectivity index (χ0) is 27.1. The second-order valence-electron chi connectivity index (χ2n) is 10.9. The van der Waals surface area contributed by atoms with Gasteiger partial charge in [0.2, 0.25) is 0 Å². The smallest absolute Gasteiger partial charge is 0.172 e. The summed E-state index contributed by atoms with van der Waals surface area (Å²) in [6.45, 7) is 0. The molecule has 1 atom stereocenters. The van der Waals surface area contributed by atoms with Crippen molar-refractivity contribution in [3.8, 4) is 16.8 Å². The summed E-state index contributed by atoms with van der Waals surface area (Å²) < 4.78 is 18.1. The maximum Gasteiger partial charge on any atom is 0.172 e. The van der Waals surface area contributed by atoms with E-state index in [4.69, 9.17) is 0 Å². The Morgan fingerprint density at radius 3 is 2.05 bits per heavy atom. The molecule has 0 radical (unpaired) electrons. The van der Waals surface area contributed by atoms with E-state index < -0.39 is 7.14 Å². The van der Waals surface area contributed by atoms with Crippen LogP contribution in [0.1, 0.15) is 0 Å². The summed E-state index contributed by atoms with van der Waals surface area (Å²) in [6.07, 6.45) is 0. The van der Waals surface area contributed by atoms with Crippen LogP contribution in [0.3, 0.4) is 0 Å². The van der Waals surface area contributed by atoms with Crippen molar-refractivity contribution in [2.24, 2.45) is 0 Å². The molecule has 0 saturated carbocycles. The van der Waals surface area contributed by atoms with Gasteiger partial charge in [-0.15, -0.1) is 0 Å². The number of hydrogen-bond donors (Lipinski definition) is 0. The van der Waals surface area contributed by atoms with Crippen LogP contribution in [0.4, 0.5) is 0 Å². The van der Waals surface area contributed by atoms with Crippen molar-refractivity contribution in [2.45, 2.75) is 0 Å². The number of para-hydroxylation sites is 1. The van der Waals surface area contributed by atoms with Gasteiger partial charge >= 0.3 is 0 Å². The second-order valence-corrected chi connectivity index (χ2v) is 13.5. The fraction of sp³-hybridized carbons (Fsp3) is 0. The Kier molecular flexibility index (Phi) is 4.63. The molecule has 0 N–H and O–H groups in total. The lowest BCUT2D eigenvalue weighted by Gasteiger charge is -2.17. The minimum Gasteiger partial charge on any atom is -0.309 e. The van der Waals surface area contributed by atoms with Crippen molar-refractivity contribution >= 4 is 66.4 Å². The molecule has 0 spiro atoms. The third-order valence-corrected chi connectivity index (χ3v) is 11.9. The van der Waals surface area contributed by atoms with Crippen LogP contribution >= 0.6 is 7.14 Å². The molecule has 192 valence electrons. The Labute approximate surface area is 237 Å². The highest BCUT2D eigenvalue weighted by atomic mass is 31.2. The SMILES string of the molecule is O=P1(c2ccccc2)c2ccc3c4ccccc4n(-c4ccc5ccccc5c4)c3c2-c2ccc3ccccc3c21. The minimum absolute atomic E-state index is 0.879. The molecule has 1 aliphatic heterocycles. The first-order valence-corrected chi connectivity index (χ1v) is 15.7. The normalized spacial score (nSPS) is 16.0. The van der Waals surface area contributed by atoms with E-state index >= 15 is 4.57 Å². The third-order valence-electron chi connectivity index (χ3n) is 8.75. The first kappa shape index (κ1) is 22.9. The predicted molar refractivity (Wildman–Crippen MR) is 174 cm³/mol. The minimum atomic E-state index is -3.16. The maximum absolute atomic E-state index is 15.7. The van der Waals surface area contributed by atoms with Crippen LogP contribution in [-0.4, -0.2) is 4.57 Å². The summed E-state index contributed by atoms with van der Waals surface area (Å²) >= 11 is 0. The molecule has 41 heavy (non-hydrogen) atoms. The summed E-state index contributed by atoms with van der Waals surface area (Å²) in [5, 5.41) is 9.72. The fourth-order valence-electron chi connectivity index (χ4n) is 6.98. The van der Waals surface area contributed by atoms with Gasteiger partial charge in [-0.2, -0.15) is 0 Å². The Hall–Kier alpha value is -4.91. The van der Waals surface area contributed by atoms with Crippen LogP contribution in [0.5, 0.6) is 0 Å². The van der Waals surface area contributed by atoms with Crippen molar-refractivity contribution in [3.05, 3.63) is 146 Å². The average molecular weight is 542 g/mol. The van der Waals surface area contributed by atoms with Crippen LogP contribution in [-0.2, 0) is 4.57 Å². The van der Waals surface area contributed by atoms with Gasteiger partial charge in [0.25, 0.3) is 0 Å². The molecule has 2 heterocycles. The first-order valence-electron chi connectivity index (χ1n) is 14.0. The molecule has 8 aromatic rings. The summed E-state index contributed by atoms with van der Waals surface area (Å²) in [5.41, 5.74) is 5.52. The van der Waals surface area contributed by atoms with Crippen LogP contribution in [0.25, 0.3) is 60.2 Å². The zero-order valence-corrected chi connectivity index (χ0v) is 23.1. The zero-order valence-electron chi connectivity index (χ0n) is 22.2. The highest BCUT2D eigenvalue weighted by molar-refractivity contribution is 7.86.